The number of hydrogen-bond acceptors (Lipinski definition) is 5. The molecule has 0 amide bonds. The summed E-state index contributed by atoms with van der Waals surface area (Å²) in [4.78, 5) is 10.7. The number of hydrogen-bond donors (Lipinski definition) is 1. The molecule has 1 atom stereocenters. The molecular weight excluding hydrogens is 290 g/mol. The SMILES string of the molecule is CC(C)(C)n1c(CCC2CCCO2)nnc1SCC(=O)O. The van der Waals surface area contributed by atoms with Gasteiger partial charge in [-0.3, -0.25) is 4.79 Å². The number of aliphatic carboxylic acids is 1. The third-order valence-corrected chi connectivity index (χ3v) is 4.32. The van der Waals surface area contributed by atoms with Crippen molar-refractivity contribution >= 4 is 17.7 Å². The molecule has 0 aliphatic carbocycles. The first-order valence-corrected chi connectivity index (χ1v) is 8.27. The van der Waals surface area contributed by atoms with Gasteiger partial charge in [0.1, 0.15) is 5.82 Å². The topological polar surface area (TPSA) is 77.2 Å². The van der Waals surface area contributed by atoms with E-state index in [1.807, 2.05) is 0 Å². The summed E-state index contributed by atoms with van der Waals surface area (Å²) < 4.78 is 7.70. The Kier molecular flexibility index (Phi) is 5.27. The first-order chi connectivity index (χ1) is 9.88. The van der Waals surface area contributed by atoms with Crippen molar-refractivity contribution in [1.82, 2.24) is 14.8 Å². The molecule has 1 fully saturated rings. The number of carboxylic acid groups (broad SMARTS) is 1. The standard InChI is InChI=1S/C14H23N3O3S/c1-14(2,3)17-11(7-6-10-5-4-8-20-10)15-16-13(17)21-9-12(18)19/h10H,4-9H2,1-3H3,(H,18,19). The molecule has 0 aromatic carbocycles. The van der Waals surface area contributed by atoms with Crippen LogP contribution in [0.4, 0.5) is 0 Å². The van der Waals surface area contributed by atoms with Gasteiger partial charge in [0.15, 0.2) is 5.16 Å². The predicted octanol–water partition coefficient (Wildman–Crippen LogP) is 2.32. The Hall–Kier alpha value is -1.08. The molecule has 1 aliphatic heterocycles. The highest BCUT2D eigenvalue weighted by atomic mass is 32.2. The van der Waals surface area contributed by atoms with Crippen LogP contribution in [0.15, 0.2) is 5.16 Å². The average molecular weight is 313 g/mol. The molecule has 1 saturated heterocycles. The predicted molar refractivity (Wildman–Crippen MR) is 80.7 cm³/mol. The molecule has 118 valence electrons. The minimum Gasteiger partial charge on any atom is -0.481 e. The molecule has 1 N–H and O–H groups in total. The first kappa shape index (κ1) is 16.3. The Morgan fingerprint density at radius 3 is 2.81 bits per heavy atom. The van der Waals surface area contributed by atoms with Gasteiger partial charge in [-0.25, -0.2) is 0 Å². The van der Waals surface area contributed by atoms with Gasteiger partial charge < -0.3 is 14.4 Å². The lowest BCUT2D eigenvalue weighted by Crippen LogP contribution is -2.26. The fourth-order valence-corrected chi connectivity index (χ4v) is 3.38. The van der Waals surface area contributed by atoms with E-state index < -0.39 is 5.97 Å². The number of aromatic nitrogens is 3. The van der Waals surface area contributed by atoms with Crippen molar-refractivity contribution in [2.45, 2.75) is 63.3 Å². The van der Waals surface area contributed by atoms with Gasteiger partial charge in [0.2, 0.25) is 0 Å². The minimum atomic E-state index is -0.843. The van der Waals surface area contributed by atoms with E-state index in [2.05, 4.69) is 35.5 Å². The molecular formula is C14H23N3O3S. The van der Waals surface area contributed by atoms with E-state index in [1.54, 1.807) is 0 Å². The minimum absolute atomic E-state index is 0.0000502. The van der Waals surface area contributed by atoms with Crippen LogP contribution in [0.2, 0.25) is 0 Å². The Morgan fingerprint density at radius 2 is 2.24 bits per heavy atom. The highest BCUT2D eigenvalue weighted by Gasteiger charge is 2.25. The second kappa shape index (κ2) is 6.79. The summed E-state index contributed by atoms with van der Waals surface area (Å²) in [5, 5.41) is 17.9. The zero-order chi connectivity index (χ0) is 15.5. The summed E-state index contributed by atoms with van der Waals surface area (Å²) in [6.45, 7) is 7.10. The normalized spacial score (nSPS) is 19.1. The number of carboxylic acids is 1. The summed E-state index contributed by atoms with van der Waals surface area (Å²) in [5.74, 6) is 0.0650. The lowest BCUT2D eigenvalue weighted by molar-refractivity contribution is -0.133. The molecule has 1 unspecified atom stereocenters. The molecule has 0 bridgehead atoms. The maximum Gasteiger partial charge on any atom is 0.313 e. The monoisotopic (exact) mass is 313 g/mol. The largest absolute Gasteiger partial charge is 0.481 e. The van der Waals surface area contributed by atoms with Crippen molar-refractivity contribution in [3.05, 3.63) is 5.82 Å². The highest BCUT2D eigenvalue weighted by molar-refractivity contribution is 7.99. The zero-order valence-electron chi connectivity index (χ0n) is 12.8. The summed E-state index contributed by atoms with van der Waals surface area (Å²) in [5.41, 5.74) is -0.170. The lowest BCUT2D eigenvalue weighted by atomic mass is 10.1. The van der Waals surface area contributed by atoms with Crippen LogP contribution in [0.1, 0.15) is 45.9 Å². The summed E-state index contributed by atoms with van der Waals surface area (Å²) in [7, 11) is 0. The lowest BCUT2D eigenvalue weighted by Gasteiger charge is -2.25. The summed E-state index contributed by atoms with van der Waals surface area (Å²) >= 11 is 1.22. The van der Waals surface area contributed by atoms with Crippen LogP contribution < -0.4 is 0 Å². The van der Waals surface area contributed by atoms with E-state index in [4.69, 9.17) is 9.84 Å². The Bertz CT molecular complexity index is 490. The average Bonchev–Trinajstić information content (AvgIpc) is 3.02. The first-order valence-electron chi connectivity index (χ1n) is 7.29. The van der Waals surface area contributed by atoms with Crippen LogP contribution in [-0.2, 0) is 21.5 Å². The van der Waals surface area contributed by atoms with Crippen LogP contribution in [0, 0.1) is 0 Å². The highest BCUT2D eigenvalue weighted by Crippen LogP contribution is 2.27. The van der Waals surface area contributed by atoms with Crippen molar-refractivity contribution < 1.29 is 14.6 Å². The molecule has 2 rings (SSSR count). The third kappa shape index (κ3) is 4.44. The molecule has 1 aliphatic rings. The number of thioether (sulfide) groups is 1. The van der Waals surface area contributed by atoms with E-state index >= 15 is 0 Å². The van der Waals surface area contributed by atoms with Gasteiger partial charge in [-0.1, -0.05) is 11.8 Å². The van der Waals surface area contributed by atoms with E-state index in [-0.39, 0.29) is 11.3 Å². The van der Waals surface area contributed by atoms with Crippen LogP contribution >= 0.6 is 11.8 Å². The van der Waals surface area contributed by atoms with Crippen molar-refractivity contribution in [2.24, 2.45) is 0 Å². The molecule has 0 radical (unpaired) electrons. The molecule has 6 nitrogen and oxygen atoms in total. The summed E-state index contributed by atoms with van der Waals surface area (Å²) in [6, 6.07) is 0. The molecule has 21 heavy (non-hydrogen) atoms. The number of nitrogens with zero attached hydrogens (tertiary/aromatic N) is 3. The molecule has 0 spiro atoms. The van der Waals surface area contributed by atoms with Gasteiger partial charge in [-0.2, -0.15) is 0 Å². The summed E-state index contributed by atoms with van der Waals surface area (Å²) in [6.07, 6.45) is 4.33. The van der Waals surface area contributed by atoms with Crippen molar-refractivity contribution in [1.29, 1.82) is 0 Å². The quantitative estimate of drug-likeness (QED) is 0.812. The van der Waals surface area contributed by atoms with Crippen molar-refractivity contribution in [3.63, 3.8) is 0 Å². The molecule has 1 aromatic rings. The number of carbonyl (C=O) groups is 1. The second-order valence-corrected chi connectivity index (χ2v) is 7.20. The molecule has 0 saturated carbocycles. The van der Waals surface area contributed by atoms with Gasteiger partial charge >= 0.3 is 5.97 Å². The molecule has 7 heteroatoms. The van der Waals surface area contributed by atoms with E-state index in [0.29, 0.717) is 11.3 Å². The van der Waals surface area contributed by atoms with Gasteiger partial charge in [-0.05, 0) is 40.0 Å². The van der Waals surface area contributed by atoms with Gasteiger partial charge in [0.05, 0.1) is 11.9 Å². The van der Waals surface area contributed by atoms with Crippen LogP contribution in [0.5, 0.6) is 0 Å². The Balaban J connectivity index is 2.10. The number of rotatable bonds is 6. The fraction of sp³-hybridized carbons (Fsp3) is 0.786. The van der Waals surface area contributed by atoms with Gasteiger partial charge in [0.25, 0.3) is 0 Å². The van der Waals surface area contributed by atoms with Crippen LogP contribution in [-0.4, -0.2) is 44.3 Å². The Morgan fingerprint density at radius 1 is 1.48 bits per heavy atom. The van der Waals surface area contributed by atoms with E-state index in [1.165, 1.54) is 11.8 Å². The van der Waals surface area contributed by atoms with E-state index in [9.17, 15) is 4.79 Å². The van der Waals surface area contributed by atoms with Gasteiger partial charge in [-0.15, -0.1) is 10.2 Å². The molecule has 2 heterocycles. The number of aryl methyl sites for hydroxylation is 1. The Labute approximate surface area is 129 Å². The maximum atomic E-state index is 10.7. The van der Waals surface area contributed by atoms with Crippen LogP contribution in [0.25, 0.3) is 0 Å². The van der Waals surface area contributed by atoms with Crippen LogP contribution in [0.3, 0.4) is 0 Å². The number of ether oxygens (including phenoxy) is 1. The van der Waals surface area contributed by atoms with Gasteiger partial charge in [0, 0.05) is 18.6 Å². The maximum absolute atomic E-state index is 10.7. The smallest absolute Gasteiger partial charge is 0.313 e. The molecule has 1 aromatic heterocycles. The van der Waals surface area contributed by atoms with Crippen molar-refractivity contribution in [3.8, 4) is 0 Å². The third-order valence-electron chi connectivity index (χ3n) is 3.41. The van der Waals surface area contributed by atoms with E-state index in [0.717, 1.165) is 38.1 Å². The second-order valence-electron chi connectivity index (χ2n) is 6.26. The zero-order valence-corrected chi connectivity index (χ0v) is 13.7. The van der Waals surface area contributed by atoms with Crippen molar-refractivity contribution in [2.75, 3.05) is 12.4 Å². The fourth-order valence-electron chi connectivity index (χ4n) is 2.52.